The quantitative estimate of drug-likeness (QED) is 0.850. The number of nitrogens with zero attached hydrogens (tertiary/aromatic N) is 1. The predicted molar refractivity (Wildman–Crippen MR) is 64.4 cm³/mol. The van der Waals surface area contributed by atoms with Gasteiger partial charge in [-0.2, -0.15) is 4.39 Å². The zero-order chi connectivity index (χ0) is 12.3. The van der Waals surface area contributed by atoms with Gasteiger partial charge in [0.25, 0.3) is 5.91 Å². The van der Waals surface area contributed by atoms with Gasteiger partial charge in [-0.05, 0) is 30.0 Å². The molecule has 17 heavy (non-hydrogen) atoms. The van der Waals surface area contributed by atoms with Crippen LogP contribution in [0.25, 0.3) is 0 Å². The van der Waals surface area contributed by atoms with Crippen LogP contribution in [0.5, 0.6) is 0 Å². The Labute approximate surface area is 102 Å². The van der Waals surface area contributed by atoms with Crippen molar-refractivity contribution in [2.24, 2.45) is 0 Å². The molecule has 1 N–H and O–H groups in total. The van der Waals surface area contributed by atoms with Crippen molar-refractivity contribution < 1.29 is 9.18 Å². The average Bonchev–Trinajstić information content (AvgIpc) is 2.72. The second kappa shape index (κ2) is 5.05. The maximum Gasteiger partial charge on any atom is 0.251 e. The van der Waals surface area contributed by atoms with Gasteiger partial charge in [-0.15, -0.1) is 11.3 Å². The van der Waals surface area contributed by atoms with Crippen LogP contribution in [-0.4, -0.2) is 10.9 Å². The van der Waals surface area contributed by atoms with Crippen molar-refractivity contribution in [3.8, 4) is 0 Å². The topological polar surface area (TPSA) is 42.0 Å². The van der Waals surface area contributed by atoms with E-state index >= 15 is 0 Å². The highest BCUT2D eigenvalue weighted by Crippen LogP contribution is 2.15. The lowest BCUT2D eigenvalue weighted by molar-refractivity contribution is 0.0950. The molecule has 1 amide bonds. The summed E-state index contributed by atoms with van der Waals surface area (Å²) in [5.74, 6) is -0.941. The number of aryl methyl sites for hydroxylation is 1. The number of pyridine rings is 1. The van der Waals surface area contributed by atoms with E-state index in [1.807, 2.05) is 18.4 Å². The molecule has 0 aliphatic rings. The normalized spacial score (nSPS) is 10.2. The molecule has 2 rings (SSSR count). The number of hydrogen-bond acceptors (Lipinski definition) is 3. The molecule has 0 fully saturated rings. The molecule has 3 nitrogen and oxygen atoms in total. The number of rotatable bonds is 3. The van der Waals surface area contributed by atoms with Crippen molar-refractivity contribution >= 4 is 17.2 Å². The molecule has 2 heterocycles. The summed E-state index contributed by atoms with van der Waals surface area (Å²) >= 11 is 1.59. The number of carbonyl (C=O) groups is 1. The maximum atomic E-state index is 12.8. The van der Waals surface area contributed by atoms with E-state index in [1.54, 1.807) is 11.3 Å². The minimum absolute atomic E-state index is 0.284. The van der Waals surface area contributed by atoms with Crippen LogP contribution in [0.15, 0.2) is 29.8 Å². The lowest BCUT2D eigenvalue weighted by Gasteiger charge is -2.04. The highest BCUT2D eigenvalue weighted by molar-refractivity contribution is 7.10. The molecule has 88 valence electrons. The molecule has 5 heteroatoms. The van der Waals surface area contributed by atoms with E-state index in [1.165, 1.54) is 12.3 Å². The summed E-state index contributed by atoms with van der Waals surface area (Å²) in [5, 5.41) is 4.72. The van der Waals surface area contributed by atoms with Gasteiger partial charge in [0.2, 0.25) is 5.95 Å². The third-order valence-electron chi connectivity index (χ3n) is 2.37. The molecular formula is C12H11FN2OS. The summed E-state index contributed by atoms with van der Waals surface area (Å²) in [6.45, 7) is 2.45. The van der Waals surface area contributed by atoms with E-state index in [0.29, 0.717) is 6.54 Å². The van der Waals surface area contributed by atoms with Crippen LogP contribution in [0, 0.1) is 12.9 Å². The molecule has 2 aromatic rings. The molecule has 0 bridgehead atoms. The molecule has 0 aliphatic heterocycles. The van der Waals surface area contributed by atoms with Crippen molar-refractivity contribution in [3.05, 3.63) is 51.7 Å². The zero-order valence-electron chi connectivity index (χ0n) is 9.24. The smallest absolute Gasteiger partial charge is 0.251 e. The van der Waals surface area contributed by atoms with Gasteiger partial charge in [-0.3, -0.25) is 4.79 Å². The first-order valence-electron chi connectivity index (χ1n) is 5.09. The Hall–Kier alpha value is -1.75. The molecule has 0 atom stereocenters. The number of amides is 1. The fourth-order valence-electron chi connectivity index (χ4n) is 1.39. The van der Waals surface area contributed by atoms with Crippen LogP contribution >= 0.6 is 11.3 Å². The van der Waals surface area contributed by atoms with Crippen molar-refractivity contribution in [1.29, 1.82) is 0 Å². The Morgan fingerprint density at radius 1 is 1.53 bits per heavy atom. The highest BCUT2D eigenvalue weighted by Gasteiger charge is 2.07. The van der Waals surface area contributed by atoms with Gasteiger partial charge in [0.15, 0.2) is 0 Å². The van der Waals surface area contributed by atoms with Crippen LogP contribution in [0.4, 0.5) is 4.39 Å². The van der Waals surface area contributed by atoms with Gasteiger partial charge in [-0.1, -0.05) is 0 Å². The first kappa shape index (κ1) is 11.7. The lowest BCUT2D eigenvalue weighted by Crippen LogP contribution is -2.22. The van der Waals surface area contributed by atoms with Crippen molar-refractivity contribution in [1.82, 2.24) is 10.3 Å². The number of carbonyl (C=O) groups excluding carboxylic acids is 1. The van der Waals surface area contributed by atoms with Crippen LogP contribution in [-0.2, 0) is 6.54 Å². The Kier molecular flexibility index (Phi) is 3.49. The number of halogens is 1. The molecule has 0 saturated carbocycles. The van der Waals surface area contributed by atoms with E-state index in [0.717, 1.165) is 16.5 Å². The summed E-state index contributed by atoms with van der Waals surface area (Å²) in [6, 6.07) is 4.61. The molecule has 0 saturated heterocycles. The van der Waals surface area contributed by atoms with E-state index < -0.39 is 5.95 Å². The third-order valence-corrected chi connectivity index (χ3v) is 3.39. The predicted octanol–water partition coefficient (Wildman–Crippen LogP) is 2.52. The third kappa shape index (κ3) is 2.88. The van der Waals surface area contributed by atoms with Crippen molar-refractivity contribution in [3.63, 3.8) is 0 Å². The van der Waals surface area contributed by atoms with Crippen LogP contribution < -0.4 is 5.32 Å². The number of hydrogen-bond donors (Lipinski definition) is 1. The Bertz CT molecular complexity index is 539. The number of nitrogens with one attached hydrogen (secondary N) is 1. The Balaban J connectivity index is 2.01. The van der Waals surface area contributed by atoms with Gasteiger partial charge in [0.05, 0.1) is 6.54 Å². The van der Waals surface area contributed by atoms with Gasteiger partial charge in [0, 0.05) is 22.7 Å². The fourth-order valence-corrected chi connectivity index (χ4v) is 2.24. The monoisotopic (exact) mass is 250 g/mol. The van der Waals surface area contributed by atoms with E-state index in [9.17, 15) is 9.18 Å². The summed E-state index contributed by atoms with van der Waals surface area (Å²) in [6.07, 6.45) is 1.28. The van der Waals surface area contributed by atoms with Gasteiger partial charge >= 0.3 is 0 Å². The highest BCUT2D eigenvalue weighted by atomic mass is 32.1. The Morgan fingerprint density at radius 2 is 2.35 bits per heavy atom. The molecule has 0 radical (unpaired) electrons. The fraction of sp³-hybridized carbons (Fsp3) is 0.167. The summed E-state index contributed by atoms with van der Waals surface area (Å²) < 4.78 is 12.8. The standard InChI is InChI=1S/C12H11FN2OS/c1-8-3-5-17-10(8)7-15-12(16)9-2-4-14-11(13)6-9/h2-6H,7H2,1H3,(H,15,16). The molecule has 0 unspecified atom stereocenters. The largest absolute Gasteiger partial charge is 0.347 e. The average molecular weight is 250 g/mol. The molecule has 0 aliphatic carbocycles. The maximum absolute atomic E-state index is 12.8. The number of thiophene rings is 1. The van der Waals surface area contributed by atoms with E-state index in [2.05, 4.69) is 10.3 Å². The zero-order valence-corrected chi connectivity index (χ0v) is 10.1. The van der Waals surface area contributed by atoms with Crippen LogP contribution in [0.2, 0.25) is 0 Å². The van der Waals surface area contributed by atoms with E-state index in [-0.39, 0.29) is 11.5 Å². The SMILES string of the molecule is Cc1ccsc1CNC(=O)c1ccnc(F)c1. The minimum Gasteiger partial charge on any atom is -0.347 e. The first-order valence-corrected chi connectivity index (χ1v) is 5.97. The molecule has 0 spiro atoms. The second-order valence-electron chi connectivity index (χ2n) is 3.58. The van der Waals surface area contributed by atoms with Gasteiger partial charge < -0.3 is 5.32 Å². The minimum atomic E-state index is -0.648. The van der Waals surface area contributed by atoms with Gasteiger partial charge in [0.1, 0.15) is 0 Å². The summed E-state index contributed by atoms with van der Waals surface area (Å²) in [5.41, 5.74) is 1.43. The summed E-state index contributed by atoms with van der Waals surface area (Å²) in [7, 11) is 0. The van der Waals surface area contributed by atoms with Crippen molar-refractivity contribution in [2.45, 2.75) is 13.5 Å². The van der Waals surface area contributed by atoms with Crippen molar-refractivity contribution in [2.75, 3.05) is 0 Å². The molecule has 0 aromatic carbocycles. The summed E-state index contributed by atoms with van der Waals surface area (Å²) in [4.78, 5) is 16.2. The van der Waals surface area contributed by atoms with Crippen LogP contribution in [0.1, 0.15) is 20.8 Å². The van der Waals surface area contributed by atoms with Crippen LogP contribution in [0.3, 0.4) is 0 Å². The molecule has 2 aromatic heterocycles. The second-order valence-corrected chi connectivity index (χ2v) is 4.58. The first-order chi connectivity index (χ1) is 8.16. The lowest BCUT2D eigenvalue weighted by atomic mass is 10.2. The number of aromatic nitrogens is 1. The van der Waals surface area contributed by atoms with E-state index in [4.69, 9.17) is 0 Å². The molecular weight excluding hydrogens is 239 g/mol. The Morgan fingerprint density at radius 3 is 3.00 bits per heavy atom. The van der Waals surface area contributed by atoms with Gasteiger partial charge in [-0.25, -0.2) is 4.98 Å².